The van der Waals surface area contributed by atoms with Crippen LogP contribution in [0, 0.1) is 5.92 Å². The Morgan fingerprint density at radius 2 is 2.12 bits per heavy atom. The molecule has 0 aromatic carbocycles. The zero-order valence-corrected chi connectivity index (χ0v) is 14.9. The number of rotatable bonds is 4. The van der Waals surface area contributed by atoms with Crippen molar-refractivity contribution in [2.45, 2.75) is 75.5 Å². The monoisotopic (exact) mass is 349 g/mol. The molecule has 4 rings (SSSR count). The third-order valence-electron chi connectivity index (χ3n) is 5.69. The van der Waals surface area contributed by atoms with Gasteiger partial charge in [-0.15, -0.1) is 11.3 Å². The second-order valence-electron chi connectivity index (χ2n) is 7.59. The number of nitrogens with one attached hydrogen (secondary N) is 2. The molecule has 0 unspecified atom stereocenters. The number of nitrogens with zero attached hydrogens (tertiary/aromatic N) is 1. The van der Waals surface area contributed by atoms with Gasteiger partial charge in [0.15, 0.2) is 0 Å². The molecular weight excluding hydrogens is 322 g/mol. The Labute approximate surface area is 147 Å². The highest BCUT2D eigenvalue weighted by Crippen LogP contribution is 2.42. The Kier molecular flexibility index (Phi) is 4.77. The van der Waals surface area contributed by atoms with Crippen LogP contribution in [-0.4, -0.2) is 29.3 Å². The zero-order valence-electron chi connectivity index (χ0n) is 14.1. The van der Waals surface area contributed by atoms with E-state index in [-0.39, 0.29) is 23.7 Å². The minimum atomic E-state index is -0.0417. The smallest absolute Gasteiger partial charge is 0.315 e. The van der Waals surface area contributed by atoms with Crippen molar-refractivity contribution in [1.29, 1.82) is 0 Å². The maximum Gasteiger partial charge on any atom is 0.315 e. The van der Waals surface area contributed by atoms with Crippen LogP contribution in [0.25, 0.3) is 0 Å². The number of hydrogen-bond donors (Lipinski definition) is 2. The van der Waals surface area contributed by atoms with Crippen LogP contribution in [0.5, 0.6) is 0 Å². The van der Waals surface area contributed by atoms with E-state index in [2.05, 4.69) is 15.6 Å². The van der Waals surface area contributed by atoms with Gasteiger partial charge in [0.2, 0.25) is 0 Å². The summed E-state index contributed by atoms with van der Waals surface area (Å²) in [6.45, 7) is 0.767. The molecule has 1 spiro atoms. The summed E-state index contributed by atoms with van der Waals surface area (Å²) >= 11 is 1.63. The zero-order chi connectivity index (χ0) is 16.4. The molecule has 2 N–H and O–H groups in total. The van der Waals surface area contributed by atoms with Gasteiger partial charge < -0.3 is 15.4 Å². The van der Waals surface area contributed by atoms with Crippen molar-refractivity contribution >= 4 is 17.4 Å². The highest BCUT2D eigenvalue weighted by Gasteiger charge is 2.40. The molecule has 3 fully saturated rings. The molecule has 24 heavy (non-hydrogen) atoms. The first-order chi connectivity index (χ1) is 11.7. The maximum absolute atomic E-state index is 12.5. The van der Waals surface area contributed by atoms with Gasteiger partial charge in [-0.2, -0.15) is 0 Å². The van der Waals surface area contributed by atoms with Crippen molar-refractivity contribution < 1.29 is 9.53 Å². The van der Waals surface area contributed by atoms with Crippen LogP contribution in [0.4, 0.5) is 4.79 Å². The number of aromatic nitrogens is 1. The van der Waals surface area contributed by atoms with Crippen molar-refractivity contribution in [2.24, 2.45) is 5.92 Å². The Balaban J connectivity index is 1.33. The van der Waals surface area contributed by atoms with E-state index >= 15 is 0 Å². The SMILES string of the molecule is O=C(N[C@H]1CCOC2(CCCCC2)C1)N[C@H](c1nccs1)C1CC1. The molecule has 6 heteroatoms. The fourth-order valence-electron chi connectivity index (χ4n) is 4.26. The Hall–Kier alpha value is -1.14. The molecule has 2 saturated carbocycles. The predicted octanol–water partition coefficient (Wildman–Crippen LogP) is 3.78. The number of ether oxygens (including phenoxy) is 1. The third kappa shape index (κ3) is 3.75. The molecule has 0 bridgehead atoms. The summed E-state index contributed by atoms with van der Waals surface area (Å²) in [6.07, 6.45) is 12.2. The summed E-state index contributed by atoms with van der Waals surface area (Å²) < 4.78 is 6.13. The minimum Gasteiger partial charge on any atom is -0.375 e. The van der Waals surface area contributed by atoms with Gasteiger partial charge in [-0.3, -0.25) is 0 Å². The Morgan fingerprint density at radius 3 is 2.83 bits per heavy atom. The minimum absolute atomic E-state index is 0.0274. The lowest BCUT2D eigenvalue weighted by Crippen LogP contribution is -2.52. The summed E-state index contributed by atoms with van der Waals surface area (Å²) in [4.78, 5) is 16.9. The summed E-state index contributed by atoms with van der Waals surface area (Å²) in [5.41, 5.74) is 0.0274. The molecule has 0 radical (unpaired) electrons. The van der Waals surface area contributed by atoms with Gasteiger partial charge in [0, 0.05) is 24.2 Å². The van der Waals surface area contributed by atoms with Gasteiger partial charge in [0.1, 0.15) is 5.01 Å². The molecule has 2 amide bonds. The van der Waals surface area contributed by atoms with E-state index in [4.69, 9.17) is 4.74 Å². The fourth-order valence-corrected chi connectivity index (χ4v) is 5.04. The first-order valence-corrected chi connectivity index (χ1v) is 10.2. The molecule has 1 saturated heterocycles. The highest BCUT2D eigenvalue weighted by molar-refractivity contribution is 7.09. The van der Waals surface area contributed by atoms with Gasteiger partial charge in [-0.1, -0.05) is 19.3 Å². The summed E-state index contributed by atoms with van der Waals surface area (Å²) in [5.74, 6) is 0.557. The lowest BCUT2D eigenvalue weighted by atomic mass is 9.78. The third-order valence-corrected chi connectivity index (χ3v) is 6.55. The quantitative estimate of drug-likeness (QED) is 0.869. The van der Waals surface area contributed by atoms with Gasteiger partial charge in [-0.05, 0) is 44.4 Å². The number of urea groups is 1. The number of amides is 2. The molecular formula is C18H27N3O2S. The number of thiazole rings is 1. The predicted molar refractivity (Wildman–Crippen MR) is 94.0 cm³/mol. The fraction of sp³-hybridized carbons (Fsp3) is 0.778. The molecule has 1 aromatic heterocycles. The Bertz CT molecular complexity index is 547. The standard InChI is InChI=1S/C18H27N3O2S/c22-17(21-15(13-4-5-13)16-19-9-11-24-16)20-14-6-10-23-18(12-14)7-2-1-3-8-18/h9,11,13-15H,1-8,10,12H2,(H2,20,21,22)/t14-,15-/m0/s1. The van der Waals surface area contributed by atoms with Crippen molar-refractivity contribution in [2.75, 3.05) is 6.61 Å². The van der Waals surface area contributed by atoms with Gasteiger partial charge in [0.05, 0.1) is 11.6 Å². The second kappa shape index (κ2) is 7.00. The average Bonchev–Trinajstić information content (AvgIpc) is 3.27. The van der Waals surface area contributed by atoms with Crippen LogP contribution in [0.15, 0.2) is 11.6 Å². The average molecular weight is 350 g/mol. The highest BCUT2D eigenvalue weighted by atomic mass is 32.1. The van der Waals surface area contributed by atoms with E-state index in [1.165, 1.54) is 32.1 Å². The molecule has 132 valence electrons. The van der Waals surface area contributed by atoms with Crippen molar-refractivity contribution in [1.82, 2.24) is 15.6 Å². The molecule has 3 aliphatic rings. The molecule has 2 aliphatic carbocycles. The van der Waals surface area contributed by atoms with Crippen LogP contribution in [0.1, 0.15) is 68.8 Å². The summed E-state index contributed by atoms with van der Waals surface area (Å²) in [7, 11) is 0. The van der Waals surface area contributed by atoms with Crippen molar-refractivity contribution in [3.05, 3.63) is 16.6 Å². The van der Waals surface area contributed by atoms with Crippen molar-refractivity contribution in [3.63, 3.8) is 0 Å². The van der Waals surface area contributed by atoms with Gasteiger partial charge in [-0.25, -0.2) is 9.78 Å². The molecule has 2 atom stereocenters. The van der Waals surface area contributed by atoms with E-state index in [0.29, 0.717) is 5.92 Å². The lowest BCUT2D eigenvalue weighted by molar-refractivity contribution is -0.107. The lowest BCUT2D eigenvalue weighted by Gasteiger charge is -2.43. The molecule has 2 heterocycles. The summed E-state index contributed by atoms with van der Waals surface area (Å²) in [5, 5.41) is 9.40. The maximum atomic E-state index is 12.5. The van der Waals surface area contributed by atoms with E-state index in [9.17, 15) is 4.79 Å². The topological polar surface area (TPSA) is 63.2 Å². The molecule has 1 aliphatic heterocycles. The largest absolute Gasteiger partial charge is 0.375 e. The number of carbonyl (C=O) groups is 1. The first kappa shape index (κ1) is 16.3. The van der Waals surface area contributed by atoms with Crippen LogP contribution in [-0.2, 0) is 4.74 Å². The Morgan fingerprint density at radius 1 is 1.29 bits per heavy atom. The molecule has 5 nitrogen and oxygen atoms in total. The normalized spacial score (nSPS) is 27.6. The number of hydrogen-bond acceptors (Lipinski definition) is 4. The van der Waals surface area contributed by atoms with Gasteiger partial charge in [0.25, 0.3) is 0 Å². The van der Waals surface area contributed by atoms with Crippen LogP contribution >= 0.6 is 11.3 Å². The van der Waals surface area contributed by atoms with Gasteiger partial charge >= 0.3 is 6.03 Å². The summed E-state index contributed by atoms with van der Waals surface area (Å²) in [6, 6.07) is 0.265. The van der Waals surface area contributed by atoms with E-state index in [1.807, 2.05) is 11.6 Å². The second-order valence-corrected chi connectivity index (χ2v) is 8.51. The first-order valence-electron chi connectivity index (χ1n) is 9.34. The van der Waals surface area contributed by atoms with E-state index in [0.717, 1.165) is 37.3 Å². The number of carbonyl (C=O) groups excluding carboxylic acids is 1. The van der Waals surface area contributed by atoms with E-state index < -0.39 is 0 Å². The van der Waals surface area contributed by atoms with Crippen LogP contribution < -0.4 is 10.6 Å². The molecule has 1 aromatic rings. The van der Waals surface area contributed by atoms with Crippen molar-refractivity contribution in [3.8, 4) is 0 Å². The van der Waals surface area contributed by atoms with Crippen LogP contribution in [0.3, 0.4) is 0 Å². The van der Waals surface area contributed by atoms with E-state index in [1.54, 1.807) is 11.3 Å². The van der Waals surface area contributed by atoms with Crippen LogP contribution in [0.2, 0.25) is 0 Å².